The Balaban J connectivity index is 1.93. The Bertz CT molecular complexity index is 493. The van der Waals surface area contributed by atoms with Gasteiger partial charge in [0, 0.05) is 19.0 Å². The molecule has 0 bridgehead atoms. The summed E-state index contributed by atoms with van der Waals surface area (Å²) < 4.78 is 4.59. The molecule has 0 unspecified atom stereocenters. The number of ether oxygens (including phenoxy) is 1. The third kappa shape index (κ3) is 3.68. The van der Waals surface area contributed by atoms with Crippen LogP contribution in [0, 0.1) is 0 Å². The highest BCUT2D eigenvalue weighted by atomic mass is 16.5. The number of nitrogens with zero attached hydrogens (tertiary/aromatic N) is 1. The van der Waals surface area contributed by atoms with Crippen LogP contribution in [0.5, 0.6) is 0 Å². The van der Waals surface area contributed by atoms with E-state index in [0.717, 1.165) is 11.1 Å². The lowest BCUT2D eigenvalue weighted by molar-refractivity contribution is -0.140. The van der Waals surface area contributed by atoms with Gasteiger partial charge in [0.25, 0.3) is 0 Å². The van der Waals surface area contributed by atoms with Crippen molar-refractivity contribution in [2.75, 3.05) is 7.11 Å². The van der Waals surface area contributed by atoms with Crippen molar-refractivity contribution < 1.29 is 14.3 Å². The zero-order chi connectivity index (χ0) is 13.7. The smallest absolute Gasteiger partial charge is 0.305 e. The van der Waals surface area contributed by atoms with Gasteiger partial charge in [0.05, 0.1) is 13.7 Å². The lowest BCUT2D eigenvalue weighted by Gasteiger charge is -2.12. The summed E-state index contributed by atoms with van der Waals surface area (Å²) in [5, 5.41) is 0. The number of carbonyl (C=O) groups is 2. The van der Waals surface area contributed by atoms with Gasteiger partial charge in [0.2, 0.25) is 5.91 Å². The molecule has 0 saturated heterocycles. The van der Waals surface area contributed by atoms with Gasteiger partial charge in [-0.1, -0.05) is 30.3 Å². The molecule has 1 aliphatic rings. The molecule has 1 aromatic carbocycles. The van der Waals surface area contributed by atoms with Crippen LogP contribution >= 0.6 is 0 Å². The minimum Gasteiger partial charge on any atom is -0.469 e. The second kappa shape index (κ2) is 6.18. The van der Waals surface area contributed by atoms with Gasteiger partial charge >= 0.3 is 5.97 Å². The van der Waals surface area contributed by atoms with Gasteiger partial charge in [-0.25, -0.2) is 0 Å². The summed E-state index contributed by atoms with van der Waals surface area (Å²) in [6.07, 6.45) is 3.18. The molecule has 0 atom stereocenters. The fourth-order valence-corrected chi connectivity index (χ4v) is 2.07. The maximum Gasteiger partial charge on any atom is 0.305 e. The molecule has 0 saturated carbocycles. The van der Waals surface area contributed by atoms with E-state index >= 15 is 0 Å². The number of rotatable bonds is 5. The van der Waals surface area contributed by atoms with Gasteiger partial charge in [-0.15, -0.1) is 0 Å². The molecule has 0 N–H and O–H groups in total. The average Bonchev–Trinajstić information content (AvgIpc) is 2.78. The third-order valence-electron chi connectivity index (χ3n) is 3.11. The molecule has 0 aliphatic carbocycles. The van der Waals surface area contributed by atoms with E-state index in [4.69, 9.17) is 0 Å². The number of benzene rings is 1. The summed E-state index contributed by atoms with van der Waals surface area (Å²) in [5.41, 5.74) is 2.09. The minimum atomic E-state index is -0.241. The van der Waals surface area contributed by atoms with Gasteiger partial charge in [-0.05, 0) is 17.6 Å². The minimum absolute atomic E-state index is 0.0868. The molecule has 1 amide bonds. The van der Waals surface area contributed by atoms with Crippen molar-refractivity contribution in [3.63, 3.8) is 0 Å². The Morgan fingerprint density at radius 3 is 2.74 bits per heavy atom. The topological polar surface area (TPSA) is 46.6 Å². The van der Waals surface area contributed by atoms with Crippen LogP contribution in [0.3, 0.4) is 0 Å². The fourth-order valence-electron chi connectivity index (χ4n) is 2.07. The van der Waals surface area contributed by atoms with Crippen LogP contribution in [-0.2, 0) is 20.9 Å². The fraction of sp³-hybridized carbons (Fsp3) is 0.333. The Morgan fingerprint density at radius 1 is 1.32 bits per heavy atom. The number of esters is 1. The maximum absolute atomic E-state index is 11.9. The highest BCUT2D eigenvalue weighted by Crippen LogP contribution is 2.22. The largest absolute Gasteiger partial charge is 0.469 e. The summed E-state index contributed by atoms with van der Waals surface area (Å²) in [6, 6.07) is 9.85. The van der Waals surface area contributed by atoms with E-state index in [1.54, 1.807) is 4.90 Å². The summed E-state index contributed by atoms with van der Waals surface area (Å²) in [7, 11) is 1.37. The SMILES string of the molecule is COC(=O)CCC1=CN(Cc2ccccc2)C(=O)C1. The van der Waals surface area contributed by atoms with Crippen LogP contribution < -0.4 is 0 Å². The molecule has 1 aliphatic heterocycles. The number of hydrogen-bond acceptors (Lipinski definition) is 3. The van der Waals surface area contributed by atoms with E-state index in [-0.39, 0.29) is 11.9 Å². The molecule has 2 rings (SSSR count). The molecule has 0 aromatic heterocycles. The quantitative estimate of drug-likeness (QED) is 0.762. The number of amides is 1. The molecule has 19 heavy (non-hydrogen) atoms. The Hall–Kier alpha value is -2.10. The maximum atomic E-state index is 11.9. The molecule has 0 fully saturated rings. The zero-order valence-electron chi connectivity index (χ0n) is 11.0. The first-order valence-electron chi connectivity index (χ1n) is 6.29. The molecule has 4 heteroatoms. The normalized spacial score (nSPS) is 14.5. The molecule has 0 spiro atoms. The van der Waals surface area contributed by atoms with Gasteiger partial charge in [0.15, 0.2) is 0 Å². The van der Waals surface area contributed by atoms with E-state index in [9.17, 15) is 9.59 Å². The molecule has 4 nitrogen and oxygen atoms in total. The van der Waals surface area contributed by atoms with E-state index in [2.05, 4.69) is 4.74 Å². The second-order valence-corrected chi connectivity index (χ2v) is 4.55. The predicted octanol–water partition coefficient (Wildman–Crippen LogP) is 2.26. The number of methoxy groups -OCH3 is 1. The summed E-state index contributed by atoms with van der Waals surface area (Å²) in [5.74, 6) is -0.154. The van der Waals surface area contributed by atoms with Crippen LogP contribution in [0.1, 0.15) is 24.8 Å². The van der Waals surface area contributed by atoms with Crippen molar-refractivity contribution in [3.8, 4) is 0 Å². The third-order valence-corrected chi connectivity index (χ3v) is 3.11. The van der Waals surface area contributed by atoms with E-state index in [1.807, 2.05) is 36.5 Å². The van der Waals surface area contributed by atoms with E-state index < -0.39 is 0 Å². The van der Waals surface area contributed by atoms with Crippen LogP contribution in [-0.4, -0.2) is 23.9 Å². The van der Waals surface area contributed by atoms with Gasteiger partial charge in [0.1, 0.15) is 0 Å². The van der Waals surface area contributed by atoms with Crippen molar-refractivity contribution in [2.45, 2.75) is 25.8 Å². The molecule has 0 radical (unpaired) electrons. The average molecular weight is 259 g/mol. The molecule has 100 valence electrons. The first-order chi connectivity index (χ1) is 9.19. The predicted molar refractivity (Wildman–Crippen MR) is 70.9 cm³/mol. The van der Waals surface area contributed by atoms with E-state index in [0.29, 0.717) is 25.8 Å². The summed E-state index contributed by atoms with van der Waals surface area (Å²) in [4.78, 5) is 24.6. The van der Waals surface area contributed by atoms with Crippen molar-refractivity contribution >= 4 is 11.9 Å². The molecular weight excluding hydrogens is 242 g/mol. The first kappa shape index (κ1) is 13.3. The number of carbonyl (C=O) groups excluding carboxylic acids is 2. The molecular formula is C15H17NO3. The van der Waals surface area contributed by atoms with Gasteiger partial charge in [-0.2, -0.15) is 0 Å². The van der Waals surface area contributed by atoms with Crippen molar-refractivity contribution in [3.05, 3.63) is 47.7 Å². The van der Waals surface area contributed by atoms with Crippen molar-refractivity contribution in [1.82, 2.24) is 4.90 Å². The Labute approximate surface area is 112 Å². The Morgan fingerprint density at radius 2 is 2.05 bits per heavy atom. The first-order valence-corrected chi connectivity index (χ1v) is 6.29. The number of hydrogen-bond donors (Lipinski definition) is 0. The molecule has 1 aromatic rings. The second-order valence-electron chi connectivity index (χ2n) is 4.55. The standard InChI is InChI=1S/C15H17NO3/c1-19-15(18)8-7-13-9-14(17)16(11-13)10-12-5-3-2-4-6-12/h2-6,11H,7-10H2,1H3. The lowest BCUT2D eigenvalue weighted by Crippen LogP contribution is -2.20. The van der Waals surface area contributed by atoms with Crippen LogP contribution in [0.15, 0.2) is 42.1 Å². The van der Waals surface area contributed by atoms with E-state index in [1.165, 1.54) is 7.11 Å². The lowest BCUT2D eigenvalue weighted by atomic mass is 10.1. The highest BCUT2D eigenvalue weighted by Gasteiger charge is 2.21. The molecule has 1 heterocycles. The highest BCUT2D eigenvalue weighted by molar-refractivity contribution is 5.83. The van der Waals surface area contributed by atoms with Crippen molar-refractivity contribution in [2.24, 2.45) is 0 Å². The van der Waals surface area contributed by atoms with Gasteiger partial charge < -0.3 is 9.64 Å². The monoisotopic (exact) mass is 259 g/mol. The van der Waals surface area contributed by atoms with Crippen LogP contribution in [0.25, 0.3) is 0 Å². The van der Waals surface area contributed by atoms with Crippen molar-refractivity contribution in [1.29, 1.82) is 0 Å². The zero-order valence-corrected chi connectivity index (χ0v) is 11.0. The summed E-state index contributed by atoms with van der Waals surface area (Å²) >= 11 is 0. The summed E-state index contributed by atoms with van der Waals surface area (Å²) in [6.45, 7) is 0.585. The van der Waals surface area contributed by atoms with Gasteiger partial charge in [-0.3, -0.25) is 9.59 Å². The van der Waals surface area contributed by atoms with Crippen LogP contribution in [0.4, 0.5) is 0 Å². The van der Waals surface area contributed by atoms with Crippen LogP contribution in [0.2, 0.25) is 0 Å². The Kier molecular flexibility index (Phi) is 4.34.